The summed E-state index contributed by atoms with van der Waals surface area (Å²) in [6.07, 6.45) is 10.9. The van der Waals surface area contributed by atoms with Gasteiger partial charge in [-0.2, -0.15) is 0 Å². The predicted octanol–water partition coefficient (Wildman–Crippen LogP) is 2.81. The van der Waals surface area contributed by atoms with Gasteiger partial charge in [0.15, 0.2) is 0 Å². The molecule has 4 aliphatic rings. The van der Waals surface area contributed by atoms with Crippen molar-refractivity contribution in [1.29, 1.82) is 0 Å². The average Bonchev–Trinajstić information content (AvgIpc) is 3.23. The zero-order chi connectivity index (χ0) is 19.4. The van der Waals surface area contributed by atoms with Gasteiger partial charge in [0.2, 0.25) is 0 Å². The monoisotopic (exact) mass is 377 g/mol. The molecule has 2 saturated carbocycles. The van der Waals surface area contributed by atoms with E-state index in [-0.39, 0.29) is 29.9 Å². The third-order valence-electron chi connectivity index (χ3n) is 8.43. The molecular weight excluding hydrogens is 342 g/mol. The van der Waals surface area contributed by atoms with Crippen molar-refractivity contribution in [3.05, 3.63) is 12.2 Å². The number of hydrogen-bond acceptors (Lipinski definition) is 4. The fourth-order valence-electron chi connectivity index (χ4n) is 7.49. The first-order chi connectivity index (χ1) is 12.8. The second-order valence-electron chi connectivity index (χ2n) is 10.1. The second-order valence-corrected chi connectivity index (χ2v) is 10.1. The van der Waals surface area contributed by atoms with E-state index in [2.05, 4.69) is 18.7 Å². The van der Waals surface area contributed by atoms with E-state index >= 15 is 0 Å². The average molecular weight is 378 g/mol. The molecule has 0 aromatic rings. The van der Waals surface area contributed by atoms with Crippen molar-refractivity contribution in [2.75, 3.05) is 6.61 Å². The molecular formula is C22H35NO4. The van der Waals surface area contributed by atoms with Gasteiger partial charge in [-0.1, -0.05) is 32.4 Å². The number of fused-ring (bicyclic) bond motifs is 3. The molecule has 27 heavy (non-hydrogen) atoms. The summed E-state index contributed by atoms with van der Waals surface area (Å²) in [7, 11) is 0. The summed E-state index contributed by atoms with van der Waals surface area (Å²) in [5, 5.41) is 30.4. The molecule has 5 heteroatoms. The number of nitrogens with zero attached hydrogens (tertiary/aromatic N) is 1. The highest BCUT2D eigenvalue weighted by Crippen LogP contribution is 2.59. The van der Waals surface area contributed by atoms with E-state index in [4.69, 9.17) is 5.11 Å². The maximum Gasteiger partial charge on any atom is 0.324 e. The fourth-order valence-corrected chi connectivity index (χ4v) is 7.49. The fraction of sp³-hybridized carbons (Fsp3) is 0.864. The van der Waals surface area contributed by atoms with Crippen molar-refractivity contribution in [2.24, 2.45) is 23.2 Å². The number of hydrogen-bond donors (Lipinski definition) is 3. The molecule has 0 aromatic carbocycles. The van der Waals surface area contributed by atoms with E-state index < -0.39 is 17.6 Å². The SMILES string of the molecule is CC1(C)CCCC1C1(C(=O)O)CCCC2C[C@@H]3[C@@H](C=CCO)[C@H](O)C[C@H]3N21. The first kappa shape index (κ1) is 19.4. The van der Waals surface area contributed by atoms with Crippen molar-refractivity contribution in [3.8, 4) is 0 Å². The molecule has 4 rings (SSSR count). The van der Waals surface area contributed by atoms with Crippen LogP contribution in [0.1, 0.15) is 65.2 Å². The normalized spacial score (nSPS) is 46.7. The minimum absolute atomic E-state index is 0.0108. The molecule has 2 heterocycles. The van der Waals surface area contributed by atoms with E-state index in [0.29, 0.717) is 18.4 Å². The number of carboxylic acid groups (broad SMARTS) is 1. The van der Waals surface area contributed by atoms with Gasteiger partial charge in [-0.3, -0.25) is 9.69 Å². The quantitative estimate of drug-likeness (QED) is 0.657. The molecule has 2 aliphatic heterocycles. The van der Waals surface area contributed by atoms with Gasteiger partial charge in [-0.25, -0.2) is 0 Å². The van der Waals surface area contributed by atoms with Crippen LogP contribution in [0.5, 0.6) is 0 Å². The molecule has 0 amide bonds. The van der Waals surface area contributed by atoms with Crippen LogP contribution in [-0.4, -0.2) is 56.5 Å². The lowest BCUT2D eigenvalue weighted by atomic mass is 9.65. The third-order valence-corrected chi connectivity index (χ3v) is 8.43. The number of piperidine rings is 1. The Bertz CT molecular complexity index is 617. The summed E-state index contributed by atoms with van der Waals surface area (Å²) < 4.78 is 0. The molecule has 2 saturated heterocycles. The van der Waals surface area contributed by atoms with Crippen LogP contribution in [0.3, 0.4) is 0 Å². The maximum atomic E-state index is 12.9. The number of aliphatic carboxylic acids is 1. The van der Waals surface area contributed by atoms with E-state index in [0.717, 1.165) is 44.9 Å². The predicted molar refractivity (Wildman–Crippen MR) is 103 cm³/mol. The Morgan fingerprint density at radius 1 is 1.19 bits per heavy atom. The molecule has 3 N–H and O–H groups in total. The standard InChI is InChI=1S/C22H35NO4/c1-21(2)9-4-8-19(21)22(20(26)27)10-3-6-14-12-16-15(7-5-11-24)18(25)13-17(16)23(14)22/h5,7,14-19,24-25H,3-4,6,8-13H2,1-2H3,(H,26,27)/t14?,15-,16-,17-,18-,19?,22?/m1/s1. The Morgan fingerprint density at radius 2 is 1.93 bits per heavy atom. The minimum Gasteiger partial charge on any atom is -0.480 e. The van der Waals surface area contributed by atoms with Gasteiger partial charge in [0.1, 0.15) is 5.54 Å². The van der Waals surface area contributed by atoms with Crippen LogP contribution in [0.15, 0.2) is 12.2 Å². The van der Waals surface area contributed by atoms with Gasteiger partial charge in [-0.15, -0.1) is 0 Å². The molecule has 0 bridgehead atoms. The van der Waals surface area contributed by atoms with Gasteiger partial charge < -0.3 is 15.3 Å². The molecule has 152 valence electrons. The van der Waals surface area contributed by atoms with Crippen LogP contribution >= 0.6 is 0 Å². The molecule has 2 aliphatic carbocycles. The van der Waals surface area contributed by atoms with Crippen LogP contribution in [-0.2, 0) is 4.79 Å². The highest BCUT2D eigenvalue weighted by molar-refractivity contribution is 5.80. The van der Waals surface area contributed by atoms with Gasteiger partial charge in [0.05, 0.1) is 12.7 Å². The smallest absolute Gasteiger partial charge is 0.324 e. The molecule has 3 unspecified atom stereocenters. The highest BCUT2D eigenvalue weighted by atomic mass is 16.4. The third kappa shape index (κ3) is 2.80. The Morgan fingerprint density at radius 3 is 2.56 bits per heavy atom. The van der Waals surface area contributed by atoms with Gasteiger partial charge >= 0.3 is 5.97 Å². The molecule has 0 radical (unpaired) electrons. The summed E-state index contributed by atoms with van der Waals surface area (Å²) in [5.74, 6) is -0.130. The molecule has 5 nitrogen and oxygen atoms in total. The van der Waals surface area contributed by atoms with Crippen LogP contribution < -0.4 is 0 Å². The van der Waals surface area contributed by atoms with Crippen LogP contribution in [0.4, 0.5) is 0 Å². The second kappa shape index (κ2) is 6.85. The zero-order valence-electron chi connectivity index (χ0n) is 16.7. The van der Waals surface area contributed by atoms with Crippen LogP contribution in [0.25, 0.3) is 0 Å². The van der Waals surface area contributed by atoms with Gasteiger partial charge in [0, 0.05) is 18.0 Å². The minimum atomic E-state index is -0.780. The summed E-state index contributed by atoms with van der Waals surface area (Å²) >= 11 is 0. The van der Waals surface area contributed by atoms with Crippen molar-refractivity contribution in [2.45, 2.75) is 88.9 Å². The molecule has 0 aromatic heterocycles. The van der Waals surface area contributed by atoms with E-state index in [1.165, 1.54) is 0 Å². The largest absolute Gasteiger partial charge is 0.480 e. The van der Waals surface area contributed by atoms with Crippen molar-refractivity contribution in [1.82, 2.24) is 4.90 Å². The molecule has 0 spiro atoms. The number of aliphatic hydroxyl groups is 2. The number of carbonyl (C=O) groups is 1. The Kier molecular flexibility index (Phi) is 4.93. The molecule has 7 atom stereocenters. The number of rotatable bonds is 4. The maximum absolute atomic E-state index is 12.9. The van der Waals surface area contributed by atoms with E-state index in [1.807, 2.05) is 6.08 Å². The summed E-state index contributed by atoms with van der Waals surface area (Å²) in [5.41, 5.74) is -0.733. The Balaban J connectivity index is 1.73. The lowest BCUT2D eigenvalue weighted by Crippen LogP contribution is -2.66. The van der Waals surface area contributed by atoms with Crippen LogP contribution in [0, 0.1) is 23.2 Å². The lowest BCUT2D eigenvalue weighted by molar-refractivity contribution is -0.169. The van der Waals surface area contributed by atoms with Crippen molar-refractivity contribution in [3.63, 3.8) is 0 Å². The van der Waals surface area contributed by atoms with Gasteiger partial charge in [-0.05, 0) is 62.2 Å². The zero-order valence-corrected chi connectivity index (χ0v) is 16.7. The Labute approximate surface area is 162 Å². The highest BCUT2D eigenvalue weighted by Gasteiger charge is 2.65. The topological polar surface area (TPSA) is 81.0 Å². The lowest BCUT2D eigenvalue weighted by Gasteiger charge is -2.54. The number of carboxylic acids is 1. The van der Waals surface area contributed by atoms with Gasteiger partial charge in [0.25, 0.3) is 0 Å². The summed E-state index contributed by atoms with van der Waals surface area (Å²) in [6, 6.07) is 0.463. The molecule has 4 fully saturated rings. The number of aliphatic hydroxyl groups excluding tert-OH is 2. The Hall–Kier alpha value is -0.910. The van der Waals surface area contributed by atoms with Crippen molar-refractivity contribution < 1.29 is 20.1 Å². The van der Waals surface area contributed by atoms with E-state index in [9.17, 15) is 15.0 Å². The van der Waals surface area contributed by atoms with Crippen LogP contribution in [0.2, 0.25) is 0 Å². The van der Waals surface area contributed by atoms with E-state index in [1.54, 1.807) is 6.08 Å². The summed E-state index contributed by atoms with van der Waals surface area (Å²) in [6.45, 7) is 4.49. The van der Waals surface area contributed by atoms with Crippen molar-refractivity contribution >= 4 is 5.97 Å². The first-order valence-corrected chi connectivity index (χ1v) is 10.8. The summed E-state index contributed by atoms with van der Waals surface area (Å²) in [4.78, 5) is 15.3. The first-order valence-electron chi connectivity index (χ1n) is 10.8.